The Kier molecular flexibility index (Phi) is 6.28. The lowest BCUT2D eigenvalue weighted by molar-refractivity contribution is -0.124. The van der Waals surface area contributed by atoms with Crippen molar-refractivity contribution in [2.75, 3.05) is 10.6 Å². The smallest absolute Gasteiger partial charge is 0.342 e. The number of hydrogen-bond acceptors (Lipinski definition) is 7. The highest BCUT2D eigenvalue weighted by atomic mass is 32.1. The number of carbonyl (C=O) groups excluding carboxylic acids is 3. The minimum absolute atomic E-state index is 0.213. The molecule has 2 heterocycles. The Bertz CT molecular complexity index is 907. The summed E-state index contributed by atoms with van der Waals surface area (Å²) < 4.78 is 10.2. The van der Waals surface area contributed by atoms with Crippen molar-refractivity contribution in [1.29, 1.82) is 0 Å². The minimum Gasteiger partial charge on any atom is -0.449 e. The summed E-state index contributed by atoms with van der Waals surface area (Å²) in [5.41, 5.74) is 0.353. The third kappa shape index (κ3) is 4.98. The van der Waals surface area contributed by atoms with E-state index in [9.17, 15) is 14.4 Å². The van der Waals surface area contributed by atoms with Crippen LogP contribution >= 0.6 is 11.3 Å². The van der Waals surface area contributed by atoms with Gasteiger partial charge in [-0.2, -0.15) is 0 Å². The summed E-state index contributed by atoms with van der Waals surface area (Å²) in [6, 6.07) is 1.55. The molecule has 0 bridgehead atoms. The fraction of sp³-hybridized carbons (Fsp3) is 0.474. The average molecular weight is 407 g/mol. The molecule has 9 heteroatoms. The zero-order chi connectivity index (χ0) is 21.2. The van der Waals surface area contributed by atoms with E-state index in [-0.39, 0.29) is 17.3 Å². The zero-order valence-electron chi connectivity index (χ0n) is 17.1. The summed E-state index contributed by atoms with van der Waals surface area (Å²) in [7, 11) is 0. The first-order valence-electron chi connectivity index (χ1n) is 8.76. The van der Waals surface area contributed by atoms with Crippen LogP contribution in [-0.4, -0.2) is 29.0 Å². The van der Waals surface area contributed by atoms with Crippen LogP contribution in [0.3, 0.4) is 0 Å². The van der Waals surface area contributed by atoms with Crippen molar-refractivity contribution >= 4 is 39.9 Å². The van der Waals surface area contributed by atoms with Gasteiger partial charge in [0.05, 0.1) is 5.56 Å². The number of rotatable bonds is 5. The molecule has 0 spiro atoms. The summed E-state index contributed by atoms with van der Waals surface area (Å²) in [5, 5.41) is 9.40. The molecule has 2 rings (SSSR count). The maximum Gasteiger partial charge on any atom is 0.342 e. The molecule has 0 aliphatic rings. The van der Waals surface area contributed by atoms with E-state index in [0.717, 1.165) is 4.88 Å². The summed E-state index contributed by atoms with van der Waals surface area (Å²) in [6.07, 6.45) is -1.06. The lowest BCUT2D eigenvalue weighted by Crippen LogP contribution is -2.31. The van der Waals surface area contributed by atoms with Crippen molar-refractivity contribution in [3.63, 3.8) is 0 Å². The largest absolute Gasteiger partial charge is 0.449 e. The molecule has 2 aromatic rings. The molecule has 0 aromatic carbocycles. The first kappa shape index (κ1) is 21.6. The van der Waals surface area contributed by atoms with Gasteiger partial charge in [0, 0.05) is 16.4 Å². The quantitative estimate of drug-likeness (QED) is 0.729. The van der Waals surface area contributed by atoms with E-state index >= 15 is 0 Å². The molecule has 2 amide bonds. The van der Waals surface area contributed by atoms with E-state index in [2.05, 4.69) is 15.8 Å². The average Bonchev–Trinajstić information content (AvgIpc) is 3.09. The van der Waals surface area contributed by atoms with Crippen LogP contribution in [0.4, 0.5) is 10.8 Å². The molecule has 0 fully saturated rings. The molecule has 8 nitrogen and oxygen atoms in total. The van der Waals surface area contributed by atoms with Gasteiger partial charge in [-0.15, -0.1) is 11.3 Å². The van der Waals surface area contributed by atoms with Gasteiger partial charge < -0.3 is 19.9 Å². The second-order valence-corrected chi connectivity index (χ2v) is 8.78. The van der Waals surface area contributed by atoms with Crippen molar-refractivity contribution < 1.29 is 23.6 Å². The van der Waals surface area contributed by atoms with Crippen LogP contribution in [0, 0.1) is 26.2 Å². The number of nitrogens with zero attached hydrogens (tertiary/aromatic N) is 1. The minimum atomic E-state index is -1.06. The highest BCUT2D eigenvalue weighted by Crippen LogP contribution is 2.34. The molecule has 2 aromatic heterocycles. The van der Waals surface area contributed by atoms with Gasteiger partial charge in [-0.25, -0.2) is 4.79 Å². The number of nitrogens with one attached hydrogen (secondary N) is 2. The van der Waals surface area contributed by atoms with Crippen molar-refractivity contribution in [2.45, 2.75) is 54.6 Å². The van der Waals surface area contributed by atoms with Crippen molar-refractivity contribution in [3.05, 3.63) is 27.8 Å². The van der Waals surface area contributed by atoms with Crippen molar-refractivity contribution in [2.24, 2.45) is 5.41 Å². The molecule has 0 aliphatic heterocycles. The second kappa shape index (κ2) is 8.14. The first-order valence-corrected chi connectivity index (χ1v) is 9.58. The molecule has 2 N–H and O–H groups in total. The monoisotopic (exact) mass is 407 g/mol. The standard InChI is InChI=1S/C19H25N3O5S/c1-9-8-13(22-27-9)20-15(23)11(3)26-17(24)14-10(2)12(4)28-16(14)21-18(25)19(5,6)7/h8,11H,1-7H3,(H,21,25)(H,20,22,23). The molecule has 0 aliphatic carbocycles. The summed E-state index contributed by atoms with van der Waals surface area (Å²) >= 11 is 1.30. The maximum absolute atomic E-state index is 12.7. The number of ether oxygens (including phenoxy) is 1. The van der Waals surface area contributed by atoms with E-state index < -0.39 is 23.4 Å². The fourth-order valence-corrected chi connectivity index (χ4v) is 3.22. The Morgan fingerprint density at radius 3 is 2.36 bits per heavy atom. The van der Waals surface area contributed by atoms with Gasteiger partial charge >= 0.3 is 5.97 Å². The Balaban J connectivity index is 2.14. The molecule has 0 saturated heterocycles. The SMILES string of the molecule is Cc1cc(NC(=O)C(C)OC(=O)c2c(NC(=O)C(C)(C)C)sc(C)c2C)no1. The number of aromatic nitrogens is 1. The zero-order valence-corrected chi connectivity index (χ0v) is 17.9. The van der Waals surface area contributed by atoms with Gasteiger partial charge in [-0.3, -0.25) is 9.59 Å². The number of esters is 1. The topological polar surface area (TPSA) is 111 Å². The van der Waals surface area contributed by atoms with Crippen molar-refractivity contribution in [1.82, 2.24) is 5.16 Å². The van der Waals surface area contributed by atoms with E-state index in [0.29, 0.717) is 16.3 Å². The molecule has 0 saturated carbocycles. The Hall–Kier alpha value is -2.68. The van der Waals surface area contributed by atoms with Crippen LogP contribution < -0.4 is 10.6 Å². The van der Waals surface area contributed by atoms with Gasteiger partial charge in [0.25, 0.3) is 5.91 Å². The second-order valence-electron chi connectivity index (χ2n) is 7.55. The first-order chi connectivity index (χ1) is 12.9. The number of anilines is 2. The van der Waals surface area contributed by atoms with Gasteiger partial charge in [0.1, 0.15) is 10.8 Å². The number of hydrogen-bond donors (Lipinski definition) is 2. The van der Waals surface area contributed by atoms with E-state index in [1.54, 1.807) is 40.7 Å². The molecular formula is C19H25N3O5S. The summed E-state index contributed by atoms with van der Waals surface area (Å²) in [5.74, 6) is -0.638. The van der Waals surface area contributed by atoms with Gasteiger partial charge in [-0.1, -0.05) is 25.9 Å². The van der Waals surface area contributed by atoms with Crippen LogP contribution in [0.15, 0.2) is 10.6 Å². The lowest BCUT2D eigenvalue weighted by atomic mass is 9.96. The summed E-state index contributed by atoms with van der Waals surface area (Å²) in [4.78, 5) is 38.2. The number of aryl methyl sites for hydroxylation is 2. The van der Waals surface area contributed by atoms with Gasteiger partial charge in [0.15, 0.2) is 11.9 Å². The fourth-order valence-electron chi connectivity index (χ4n) is 2.18. The molecule has 1 unspecified atom stereocenters. The number of carbonyl (C=O) groups is 3. The Labute approximate surface area is 167 Å². The Morgan fingerprint density at radius 1 is 1.18 bits per heavy atom. The number of amides is 2. The van der Waals surface area contributed by atoms with Crippen LogP contribution in [0.5, 0.6) is 0 Å². The molecule has 1 atom stereocenters. The van der Waals surface area contributed by atoms with Gasteiger partial charge in [0.2, 0.25) is 5.91 Å². The predicted octanol–water partition coefficient (Wildman–Crippen LogP) is 3.83. The number of thiophene rings is 1. The molecule has 0 radical (unpaired) electrons. The Morgan fingerprint density at radius 2 is 1.82 bits per heavy atom. The highest BCUT2D eigenvalue weighted by Gasteiger charge is 2.29. The van der Waals surface area contributed by atoms with Crippen LogP contribution in [0.1, 0.15) is 54.3 Å². The van der Waals surface area contributed by atoms with E-state index in [1.807, 2.05) is 6.92 Å². The van der Waals surface area contributed by atoms with E-state index in [1.165, 1.54) is 18.3 Å². The molecule has 152 valence electrons. The third-order valence-electron chi connectivity index (χ3n) is 4.03. The van der Waals surface area contributed by atoms with Crippen LogP contribution in [0.2, 0.25) is 0 Å². The highest BCUT2D eigenvalue weighted by molar-refractivity contribution is 7.16. The lowest BCUT2D eigenvalue weighted by Gasteiger charge is -2.18. The summed E-state index contributed by atoms with van der Waals surface area (Å²) in [6.45, 7) is 12.1. The maximum atomic E-state index is 12.7. The van der Waals surface area contributed by atoms with Crippen LogP contribution in [0.25, 0.3) is 0 Å². The van der Waals surface area contributed by atoms with E-state index in [4.69, 9.17) is 9.26 Å². The predicted molar refractivity (Wildman–Crippen MR) is 107 cm³/mol. The normalized spacial score (nSPS) is 12.4. The van der Waals surface area contributed by atoms with Gasteiger partial charge in [-0.05, 0) is 33.3 Å². The van der Waals surface area contributed by atoms with Crippen LogP contribution in [-0.2, 0) is 14.3 Å². The third-order valence-corrected chi connectivity index (χ3v) is 5.15. The molecular weight excluding hydrogens is 382 g/mol. The molecule has 28 heavy (non-hydrogen) atoms. The van der Waals surface area contributed by atoms with Crippen molar-refractivity contribution in [3.8, 4) is 0 Å².